The van der Waals surface area contributed by atoms with E-state index < -0.39 is 28.6 Å². The summed E-state index contributed by atoms with van der Waals surface area (Å²) in [5, 5.41) is 2.21. The Hall–Kier alpha value is -3.73. The number of fused-ring (bicyclic) bond motifs is 1. The maximum atomic E-state index is 12.9. The molecule has 0 saturated carbocycles. The van der Waals surface area contributed by atoms with E-state index in [1.807, 2.05) is 0 Å². The molecule has 3 rings (SSSR count). The van der Waals surface area contributed by atoms with Gasteiger partial charge in [-0.1, -0.05) is 0 Å². The van der Waals surface area contributed by atoms with E-state index in [1.54, 1.807) is 6.92 Å². The summed E-state index contributed by atoms with van der Waals surface area (Å²) in [5.74, 6) is -1.84. The molecule has 1 amide bonds. The Balaban J connectivity index is 1.55. The van der Waals surface area contributed by atoms with Gasteiger partial charge < -0.3 is 19.8 Å². The van der Waals surface area contributed by atoms with E-state index in [2.05, 4.69) is 20.0 Å². The number of esters is 2. The number of aromatic nitrogens is 2. The van der Waals surface area contributed by atoms with Gasteiger partial charge in [-0.2, -0.15) is 0 Å². The third-order valence-corrected chi connectivity index (χ3v) is 5.57. The van der Waals surface area contributed by atoms with Gasteiger partial charge in [-0.3, -0.25) is 14.4 Å². The zero-order chi connectivity index (χ0) is 24.0. The van der Waals surface area contributed by atoms with Gasteiger partial charge in [-0.25, -0.2) is 14.2 Å². The van der Waals surface area contributed by atoms with Gasteiger partial charge in [-0.05, 0) is 49.4 Å². The monoisotopic (exact) mass is 473 g/mol. The number of benzene rings is 2. The number of ether oxygens (including phenoxy) is 2. The summed E-state index contributed by atoms with van der Waals surface area (Å²) in [6.45, 7) is 1.29. The minimum atomic E-state index is -0.665. The third kappa shape index (κ3) is 6.39. The molecule has 0 bridgehead atoms. The second-order valence-corrected chi connectivity index (χ2v) is 8.18. The highest BCUT2D eigenvalue weighted by Gasteiger charge is 2.18. The molecule has 1 atom stereocenters. The number of halogens is 1. The van der Waals surface area contributed by atoms with Gasteiger partial charge in [0, 0.05) is 5.69 Å². The van der Waals surface area contributed by atoms with Crippen LogP contribution in [0, 0.1) is 5.82 Å². The molecule has 0 saturated heterocycles. The van der Waals surface area contributed by atoms with Crippen LogP contribution in [0.25, 0.3) is 10.9 Å². The molecular formula is C22H20FN3O6S. The fourth-order valence-electron chi connectivity index (χ4n) is 2.76. The number of carbonyl (C=O) groups is 3. The molecule has 0 aliphatic rings. The van der Waals surface area contributed by atoms with Crippen LogP contribution in [0.2, 0.25) is 0 Å². The molecule has 11 heteroatoms. The highest BCUT2D eigenvalue weighted by molar-refractivity contribution is 8.01. The van der Waals surface area contributed by atoms with Crippen LogP contribution < -0.4 is 10.9 Å². The van der Waals surface area contributed by atoms with Gasteiger partial charge in [0.2, 0.25) is 5.91 Å². The van der Waals surface area contributed by atoms with E-state index in [4.69, 9.17) is 4.74 Å². The Bertz CT molecular complexity index is 1250. The predicted molar refractivity (Wildman–Crippen MR) is 120 cm³/mol. The SMILES string of the molecule is COC(=O)c1ccc2c(=O)[nH]c(COC(=O)[C@@H](C)SCC(=O)Nc3ccc(F)cc3)nc2c1. The molecule has 0 spiro atoms. The third-order valence-electron chi connectivity index (χ3n) is 4.45. The van der Waals surface area contributed by atoms with E-state index in [0.717, 1.165) is 11.8 Å². The van der Waals surface area contributed by atoms with Gasteiger partial charge in [0.25, 0.3) is 5.56 Å². The van der Waals surface area contributed by atoms with Crippen LogP contribution in [0.15, 0.2) is 47.3 Å². The maximum absolute atomic E-state index is 12.9. The first-order valence-electron chi connectivity index (χ1n) is 9.71. The number of amides is 1. The summed E-state index contributed by atoms with van der Waals surface area (Å²) in [7, 11) is 1.24. The minimum Gasteiger partial charge on any atom is -0.465 e. The first-order chi connectivity index (χ1) is 15.8. The first kappa shape index (κ1) is 23.9. The van der Waals surface area contributed by atoms with Crippen molar-refractivity contribution in [2.75, 3.05) is 18.2 Å². The maximum Gasteiger partial charge on any atom is 0.337 e. The minimum absolute atomic E-state index is 0.0188. The summed E-state index contributed by atoms with van der Waals surface area (Å²) in [6, 6.07) is 9.64. The quantitative estimate of drug-likeness (QED) is 0.478. The van der Waals surface area contributed by atoms with Gasteiger partial charge in [-0.15, -0.1) is 11.8 Å². The van der Waals surface area contributed by atoms with Crippen molar-refractivity contribution >= 4 is 46.2 Å². The number of methoxy groups -OCH3 is 1. The number of nitrogens with one attached hydrogen (secondary N) is 2. The van der Waals surface area contributed by atoms with Crippen LogP contribution in [-0.2, 0) is 25.7 Å². The van der Waals surface area contributed by atoms with Crippen molar-refractivity contribution < 1.29 is 28.2 Å². The second kappa shape index (κ2) is 10.7. The Morgan fingerprint density at radius 1 is 1.18 bits per heavy atom. The standard InChI is InChI=1S/C22H20FN3O6S/c1-12(33-11-19(27)24-15-6-4-14(23)5-7-15)21(29)32-10-18-25-17-9-13(22(30)31-2)3-8-16(17)20(28)26-18/h3-9,12H,10-11H2,1-2H3,(H,24,27)(H,25,26,28)/t12-/m1/s1. The Labute approximate surface area is 191 Å². The molecule has 0 unspecified atom stereocenters. The molecule has 3 aromatic rings. The molecule has 0 aliphatic carbocycles. The molecule has 0 radical (unpaired) electrons. The molecule has 172 valence electrons. The molecule has 0 aliphatic heterocycles. The van der Waals surface area contributed by atoms with Gasteiger partial charge >= 0.3 is 11.9 Å². The van der Waals surface area contributed by atoms with Crippen molar-refractivity contribution in [1.82, 2.24) is 9.97 Å². The molecule has 2 N–H and O–H groups in total. The molecule has 1 heterocycles. The topological polar surface area (TPSA) is 127 Å². The normalized spacial score (nSPS) is 11.6. The highest BCUT2D eigenvalue weighted by Crippen LogP contribution is 2.15. The van der Waals surface area contributed by atoms with E-state index in [9.17, 15) is 23.6 Å². The summed E-state index contributed by atoms with van der Waals surface area (Å²) in [5.41, 5.74) is 0.490. The van der Waals surface area contributed by atoms with E-state index in [0.29, 0.717) is 5.69 Å². The molecule has 2 aromatic carbocycles. The smallest absolute Gasteiger partial charge is 0.337 e. The Morgan fingerprint density at radius 3 is 2.61 bits per heavy atom. The van der Waals surface area contributed by atoms with Gasteiger partial charge in [0.15, 0.2) is 0 Å². The van der Waals surface area contributed by atoms with Crippen molar-refractivity contribution in [3.63, 3.8) is 0 Å². The number of hydrogen-bond acceptors (Lipinski definition) is 8. The number of hydrogen-bond donors (Lipinski definition) is 2. The lowest BCUT2D eigenvalue weighted by Gasteiger charge is -2.11. The number of anilines is 1. The molecule has 9 nitrogen and oxygen atoms in total. The number of rotatable bonds is 8. The van der Waals surface area contributed by atoms with E-state index in [1.165, 1.54) is 49.6 Å². The van der Waals surface area contributed by atoms with Crippen LogP contribution in [0.3, 0.4) is 0 Å². The van der Waals surface area contributed by atoms with Crippen molar-refractivity contribution in [2.24, 2.45) is 0 Å². The van der Waals surface area contributed by atoms with Crippen molar-refractivity contribution in [3.8, 4) is 0 Å². The molecule has 33 heavy (non-hydrogen) atoms. The lowest BCUT2D eigenvalue weighted by molar-refractivity contribution is -0.144. The molecule has 0 fully saturated rings. The number of carbonyl (C=O) groups excluding carboxylic acids is 3. The van der Waals surface area contributed by atoms with Crippen molar-refractivity contribution in [1.29, 1.82) is 0 Å². The van der Waals surface area contributed by atoms with Gasteiger partial charge in [0.05, 0.1) is 29.3 Å². The number of aromatic amines is 1. The first-order valence-corrected chi connectivity index (χ1v) is 10.8. The van der Waals surface area contributed by atoms with E-state index in [-0.39, 0.29) is 40.6 Å². The fourth-order valence-corrected chi connectivity index (χ4v) is 3.43. The number of H-pyrrole nitrogens is 1. The Kier molecular flexibility index (Phi) is 7.78. The number of thioether (sulfide) groups is 1. The largest absolute Gasteiger partial charge is 0.465 e. The predicted octanol–water partition coefficient (Wildman–Crippen LogP) is 2.65. The van der Waals surface area contributed by atoms with Crippen LogP contribution >= 0.6 is 11.8 Å². The van der Waals surface area contributed by atoms with Crippen molar-refractivity contribution in [2.45, 2.75) is 18.8 Å². The molecular weight excluding hydrogens is 453 g/mol. The summed E-state index contributed by atoms with van der Waals surface area (Å²) in [4.78, 5) is 55.0. The average Bonchev–Trinajstić information content (AvgIpc) is 2.81. The summed E-state index contributed by atoms with van der Waals surface area (Å²) >= 11 is 1.06. The lowest BCUT2D eigenvalue weighted by atomic mass is 10.1. The summed E-state index contributed by atoms with van der Waals surface area (Å²) < 4.78 is 22.8. The van der Waals surface area contributed by atoms with Gasteiger partial charge in [0.1, 0.15) is 23.5 Å². The average molecular weight is 473 g/mol. The fraction of sp³-hybridized carbons (Fsp3) is 0.227. The highest BCUT2D eigenvalue weighted by atomic mass is 32.2. The summed E-state index contributed by atoms with van der Waals surface area (Å²) in [6.07, 6.45) is 0. The zero-order valence-electron chi connectivity index (χ0n) is 17.7. The van der Waals surface area contributed by atoms with Crippen LogP contribution in [0.1, 0.15) is 23.1 Å². The van der Waals surface area contributed by atoms with E-state index >= 15 is 0 Å². The lowest BCUT2D eigenvalue weighted by Crippen LogP contribution is -2.22. The molecule has 1 aromatic heterocycles. The number of nitrogens with zero attached hydrogens (tertiary/aromatic N) is 1. The van der Waals surface area contributed by atoms with Crippen LogP contribution in [-0.4, -0.2) is 45.9 Å². The Morgan fingerprint density at radius 2 is 1.91 bits per heavy atom. The van der Waals surface area contributed by atoms with Crippen LogP contribution in [0.5, 0.6) is 0 Å². The van der Waals surface area contributed by atoms with Crippen molar-refractivity contribution in [3.05, 3.63) is 70.0 Å². The van der Waals surface area contributed by atoms with Crippen LogP contribution in [0.4, 0.5) is 10.1 Å². The second-order valence-electron chi connectivity index (χ2n) is 6.85. The zero-order valence-corrected chi connectivity index (χ0v) is 18.5.